The monoisotopic (exact) mass is 561 g/mol. The van der Waals surface area contributed by atoms with Crippen LogP contribution in [0.25, 0.3) is 0 Å². The summed E-state index contributed by atoms with van der Waals surface area (Å²) in [6.45, 7) is 6.05. The Morgan fingerprint density at radius 1 is 1.18 bits per heavy atom. The van der Waals surface area contributed by atoms with Crippen LogP contribution in [0.1, 0.15) is 31.4 Å². The highest BCUT2D eigenvalue weighted by Crippen LogP contribution is 2.48. The lowest BCUT2D eigenvalue weighted by Crippen LogP contribution is -2.62. The molecule has 2 saturated heterocycles. The molecule has 40 heavy (non-hydrogen) atoms. The van der Waals surface area contributed by atoms with Gasteiger partial charge in [0, 0.05) is 23.7 Å². The Bertz CT molecular complexity index is 1380. The summed E-state index contributed by atoms with van der Waals surface area (Å²) in [7, 11) is 0. The van der Waals surface area contributed by atoms with Crippen molar-refractivity contribution in [2.75, 3.05) is 11.4 Å². The molecule has 0 radical (unpaired) electrons. The molecule has 3 fully saturated rings. The van der Waals surface area contributed by atoms with E-state index in [4.69, 9.17) is 4.74 Å². The molecule has 4 aliphatic rings. The largest absolute Gasteiger partial charge is 0.424 e. The van der Waals surface area contributed by atoms with Gasteiger partial charge >= 0.3 is 12.0 Å². The van der Waals surface area contributed by atoms with Gasteiger partial charge < -0.3 is 26.0 Å². The van der Waals surface area contributed by atoms with Crippen LogP contribution < -0.4 is 30.9 Å². The number of nitrogens with one attached hydrogen (secondary N) is 4. The first-order chi connectivity index (χ1) is 19.4. The third kappa shape index (κ3) is 4.92. The van der Waals surface area contributed by atoms with Crippen LogP contribution in [0, 0.1) is 12.8 Å². The van der Waals surface area contributed by atoms with Crippen LogP contribution in [-0.2, 0) is 9.59 Å². The number of ether oxygens (including phenoxy) is 1. The molecule has 4 N–H and O–H groups in total. The van der Waals surface area contributed by atoms with E-state index in [-0.39, 0.29) is 53.3 Å². The zero-order chi connectivity index (χ0) is 27.8. The molecule has 1 saturated carbocycles. The van der Waals surface area contributed by atoms with Crippen LogP contribution in [-0.4, -0.2) is 57.9 Å². The SMILES string of the molecule is C=CC(=O)N[C@@H]1CCC[C@H]1NC(=O)C1=C2NC(=O)N(c3cnc(Oc4ccccc4)nc3C)C3CCNC(S1)C23. The van der Waals surface area contributed by atoms with Crippen LogP contribution in [0.3, 0.4) is 0 Å². The van der Waals surface area contributed by atoms with Gasteiger partial charge in [0.1, 0.15) is 5.75 Å². The van der Waals surface area contributed by atoms with Crippen molar-refractivity contribution in [3.05, 3.63) is 65.5 Å². The van der Waals surface area contributed by atoms with Gasteiger partial charge in [0.25, 0.3) is 5.91 Å². The number of rotatable bonds is 7. The summed E-state index contributed by atoms with van der Waals surface area (Å²) in [5.74, 6) is 0.0502. The molecule has 1 aliphatic carbocycles. The summed E-state index contributed by atoms with van der Waals surface area (Å²) in [5, 5.41) is 12.5. The molecule has 5 atom stereocenters. The van der Waals surface area contributed by atoms with Crippen LogP contribution in [0.5, 0.6) is 11.8 Å². The van der Waals surface area contributed by atoms with Gasteiger partial charge in [-0.25, -0.2) is 9.78 Å². The van der Waals surface area contributed by atoms with Gasteiger partial charge in [-0.05, 0) is 57.4 Å². The number of carbonyl (C=O) groups is 3. The molecule has 2 aromatic rings. The minimum atomic E-state index is -0.315. The molecular formula is C28H31N7O4S. The number of aryl methyl sites for hydroxylation is 1. The van der Waals surface area contributed by atoms with Gasteiger partial charge in [0.15, 0.2) is 0 Å². The quantitative estimate of drug-likeness (QED) is 0.379. The van der Waals surface area contributed by atoms with Gasteiger partial charge in [-0.3, -0.25) is 14.5 Å². The Labute approximate surface area is 236 Å². The van der Waals surface area contributed by atoms with E-state index >= 15 is 0 Å². The van der Waals surface area contributed by atoms with Crippen molar-refractivity contribution >= 4 is 35.3 Å². The summed E-state index contributed by atoms with van der Waals surface area (Å²) in [6.07, 6.45) is 6.06. The maximum atomic E-state index is 13.6. The number of nitrogens with zero attached hydrogens (tertiary/aromatic N) is 3. The molecule has 11 nitrogen and oxygen atoms in total. The highest BCUT2D eigenvalue weighted by atomic mass is 32.2. The third-order valence-electron chi connectivity index (χ3n) is 7.84. The first-order valence-corrected chi connectivity index (χ1v) is 14.4. The molecule has 12 heteroatoms. The number of amides is 4. The molecule has 3 unspecified atom stereocenters. The average Bonchev–Trinajstić information content (AvgIpc) is 3.55. The van der Waals surface area contributed by atoms with Crippen molar-refractivity contribution in [2.24, 2.45) is 5.92 Å². The summed E-state index contributed by atoms with van der Waals surface area (Å²) < 4.78 is 5.77. The summed E-state index contributed by atoms with van der Waals surface area (Å²) in [5.41, 5.74) is 1.88. The molecule has 208 valence electrons. The standard InChI is InChI=1S/C28H31N7O4S/c1-3-21(36)32-17-10-7-11-18(17)33-25(37)24-23-22-19(12-13-29-26(22)40-24)35(28(38)34-23)20-14-30-27(31-15(20)2)39-16-8-5-4-6-9-16/h3-6,8-9,14,17-19,22,26,29H,1,7,10-13H2,2H3,(H,32,36)(H,33,37)(H,34,38)/t17-,18-,19?,22?,26?/m1/s1. The van der Waals surface area contributed by atoms with Crippen molar-refractivity contribution in [3.8, 4) is 11.8 Å². The zero-order valence-electron chi connectivity index (χ0n) is 22.1. The molecule has 1 aromatic heterocycles. The van der Waals surface area contributed by atoms with E-state index in [0.29, 0.717) is 40.7 Å². The van der Waals surface area contributed by atoms with E-state index in [2.05, 4.69) is 37.8 Å². The van der Waals surface area contributed by atoms with Crippen molar-refractivity contribution in [1.29, 1.82) is 0 Å². The smallest absolute Gasteiger partial charge is 0.326 e. The fourth-order valence-electron chi connectivity index (χ4n) is 6.00. The van der Waals surface area contributed by atoms with Crippen LogP contribution in [0.15, 0.2) is 59.8 Å². The topological polar surface area (TPSA) is 138 Å². The van der Waals surface area contributed by atoms with E-state index in [9.17, 15) is 14.4 Å². The van der Waals surface area contributed by atoms with Crippen molar-refractivity contribution < 1.29 is 19.1 Å². The lowest BCUT2D eigenvalue weighted by Gasteiger charge is -2.45. The number of urea groups is 1. The van der Waals surface area contributed by atoms with E-state index in [1.807, 2.05) is 37.3 Å². The van der Waals surface area contributed by atoms with E-state index < -0.39 is 0 Å². The van der Waals surface area contributed by atoms with Gasteiger partial charge in [-0.1, -0.05) is 36.5 Å². The van der Waals surface area contributed by atoms with E-state index in [1.165, 1.54) is 17.8 Å². The fourth-order valence-corrected chi connectivity index (χ4v) is 7.40. The van der Waals surface area contributed by atoms with Crippen LogP contribution in [0.2, 0.25) is 0 Å². The third-order valence-corrected chi connectivity index (χ3v) is 9.19. The lowest BCUT2D eigenvalue weighted by molar-refractivity contribution is -0.119. The molecule has 0 spiro atoms. The lowest BCUT2D eigenvalue weighted by atomic mass is 9.86. The second kappa shape index (κ2) is 10.9. The van der Waals surface area contributed by atoms with Gasteiger partial charge in [-0.2, -0.15) is 4.98 Å². The van der Waals surface area contributed by atoms with Gasteiger partial charge in [0.05, 0.1) is 33.9 Å². The maximum absolute atomic E-state index is 13.6. The number of carbonyl (C=O) groups excluding carboxylic acids is 3. The number of benzene rings is 1. The fraction of sp³-hybridized carbons (Fsp3) is 0.393. The molecular weight excluding hydrogens is 530 g/mol. The Kier molecular flexibility index (Phi) is 7.20. The van der Waals surface area contributed by atoms with Crippen molar-refractivity contribution in [2.45, 2.75) is 56.1 Å². The summed E-state index contributed by atoms with van der Waals surface area (Å²) >= 11 is 1.45. The van der Waals surface area contributed by atoms with Gasteiger partial charge in [0.2, 0.25) is 5.91 Å². The number of hydrogen-bond donors (Lipinski definition) is 4. The molecule has 3 aliphatic heterocycles. The zero-order valence-corrected chi connectivity index (χ0v) is 22.9. The second-order valence-corrected chi connectivity index (χ2v) is 11.4. The minimum absolute atomic E-state index is 0.0562. The molecule has 6 rings (SSSR count). The predicted octanol–water partition coefficient (Wildman–Crippen LogP) is 2.71. The number of thioether (sulfide) groups is 1. The van der Waals surface area contributed by atoms with Crippen LogP contribution in [0.4, 0.5) is 10.5 Å². The van der Waals surface area contributed by atoms with E-state index in [0.717, 1.165) is 19.3 Å². The minimum Gasteiger partial charge on any atom is -0.424 e. The number of piperidine rings is 1. The molecule has 4 heterocycles. The highest BCUT2D eigenvalue weighted by molar-refractivity contribution is 8.04. The predicted molar refractivity (Wildman–Crippen MR) is 151 cm³/mol. The summed E-state index contributed by atoms with van der Waals surface area (Å²) in [6, 6.07) is 8.69. The molecule has 0 bridgehead atoms. The Morgan fingerprint density at radius 3 is 2.70 bits per heavy atom. The molecule has 1 aromatic carbocycles. The van der Waals surface area contributed by atoms with Crippen LogP contribution >= 0.6 is 11.8 Å². The number of para-hydroxylation sites is 1. The highest BCUT2D eigenvalue weighted by Gasteiger charge is 2.52. The van der Waals surface area contributed by atoms with E-state index in [1.54, 1.807) is 11.1 Å². The number of hydrogen-bond acceptors (Lipinski definition) is 8. The summed E-state index contributed by atoms with van der Waals surface area (Å²) in [4.78, 5) is 50.0. The molecule has 4 amide bonds. The Balaban J connectivity index is 1.22. The first-order valence-electron chi connectivity index (χ1n) is 13.5. The Morgan fingerprint density at radius 2 is 1.95 bits per heavy atom. The van der Waals surface area contributed by atoms with Crippen molar-refractivity contribution in [1.82, 2.24) is 31.2 Å². The van der Waals surface area contributed by atoms with Gasteiger partial charge in [-0.15, -0.1) is 0 Å². The van der Waals surface area contributed by atoms with Crippen molar-refractivity contribution in [3.63, 3.8) is 0 Å². The average molecular weight is 562 g/mol. The Hall–Kier alpha value is -3.90. The number of anilines is 1. The maximum Gasteiger partial charge on any atom is 0.326 e. The first kappa shape index (κ1) is 26.3. The number of aromatic nitrogens is 2. The second-order valence-electron chi connectivity index (χ2n) is 10.3. The normalized spacial score (nSPS) is 27.1.